The van der Waals surface area contributed by atoms with Crippen LogP contribution >= 0.6 is 0 Å². The highest BCUT2D eigenvalue weighted by Crippen LogP contribution is 2.35. The molecule has 0 radical (unpaired) electrons. The first kappa shape index (κ1) is 20.2. The first-order valence-electron chi connectivity index (χ1n) is 10.1. The largest absolute Gasteiger partial charge is 0.441 e. The van der Waals surface area contributed by atoms with E-state index in [1.54, 1.807) is 13.0 Å². The van der Waals surface area contributed by atoms with Crippen molar-refractivity contribution in [1.29, 1.82) is 0 Å². The summed E-state index contributed by atoms with van der Waals surface area (Å²) in [6.45, 7) is 1.17. The lowest BCUT2D eigenvalue weighted by Crippen LogP contribution is -2.25. The highest BCUT2D eigenvalue weighted by atomic mass is 19.3. The Morgan fingerprint density at radius 2 is 1.97 bits per heavy atom. The molecule has 0 aliphatic heterocycles. The molecular formula is C21H23F2N5O2. The predicted octanol–water partition coefficient (Wildman–Crippen LogP) is 4.79. The van der Waals surface area contributed by atoms with E-state index >= 15 is 0 Å². The van der Waals surface area contributed by atoms with Crippen LogP contribution in [0.25, 0.3) is 22.2 Å². The number of carbonyl (C=O) groups excluding carboxylic acids is 1. The van der Waals surface area contributed by atoms with Gasteiger partial charge in [0.25, 0.3) is 6.43 Å². The Morgan fingerprint density at radius 1 is 1.17 bits per heavy atom. The van der Waals surface area contributed by atoms with Crippen LogP contribution in [0.1, 0.15) is 38.0 Å². The van der Waals surface area contributed by atoms with Gasteiger partial charge in [-0.3, -0.25) is 9.78 Å². The van der Waals surface area contributed by atoms with Gasteiger partial charge in [-0.05, 0) is 18.9 Å². The number of alkyl halides is 2. The van der Waals surface area contributed by atoms with E-state index in [4.69, 9.17) is 4.42 Å². The first-order valence-corrected chi connectivity index (χ1v) is 10.1. The lowest BCUT2D eigenvalue weighted by molar-refractivity contribution is -0.120. The Bertz CT molecular complexity index is 1050. The van der Waals surface area contributed by atoms with Crippen molar-refractivity contribution in [1.82, 2.24) is 15.0 Å². The van der Waals surface area contributed by atoms with Crippen molar-refractivity contribution < 1.29 is 18.0 Å². The maximum absolute atomic E-state index is 12.9. The van der Waals surface area contributed by atoms with Crippen molar-refractivity contribution in [3.63, 3.8) is 0 Å². The highest BCUT2D eigenvalue weighted by molar-refractivity contribution is 6.01. The number of anilines is 2. The summed E-state index contributed by atoms with van der Waals surface area (Å²) in [7, 11) is 0. The predicted molar refractivity (Wildman–Crippen MR) is 109 cm³/mol. The Kier molecular flexibility index (Phi) is 5.87. The molecule has 0 aromatic carbocycles. The third-order valence-electron chi connectivity index (χ3n) is 5.30. The molecule has 9 heteroatoms. The molecule has 3 heterocycles. The van der Waals surface area contributed by atoms with Crippen molar-refractivity contribution in [2.75, 3.05) is 17.2 Å². The minimum atomic E-state index is -2.54. The topological polar surface area (TPSA) is 92.9 Å². The van der Waals surface area contributed by atoms with Crippen molar-refractivity contribution in [3.8, 4) is 11.3 Å². The lowest BCUT2D eigenvalue weighted by atomic mass is 9.89. The van der Waals surface area contributed by atoms with Crippen LogP contribution in [0.3, 0.4) is 0 Å². The number of oxazole rings is 1. The number of fused-ring (bicyclic) bond motifs is 1. The maximum Gasteiger partial charge on any atom is 0.255 e. The first-order chi connectivity index (χ1) is 14.5. The monoisotopic (exact) mass is 415 g/mol. The fraction of sp³-hybridized carbons (Fsp3) is 0.429. The van der Waals surface area contributed by atoms with Gasteiger partial charge in [0.1, 0.15) is 5.82 Å². The number of aryl methyl sites for hydroxylation is 1. The SMILES string of the molecule is Cc1ncc(-c2cnc3cnc(NC(=O)C4CCCCC4)cc3c2NCC(F)F)o1. The van der Waals surface area contributed by atoms with E-state index in [1.165, 1.54) is 18.6 Å². The number of hydrogen-bond acceptors (Lipinski definition) is 6. The minimum Gasteiger partial charge on any atom is -0.441 e. The normalized spacial score (nSPS) is 14.9. The lowest BCUT2D eigenvalue weighted by Gasteiger charge is -2.20. The number of carbonyl (C=O) groups is 1. The van der Waals surface area contributed by atoms with Gasteiger partial charge in [-0.2, -0.15) is 0 Å². The van der Waals surface area contributed by atoms with Crippen molar-refractivity contribution in [2.24, 2.45) is 5.92 Å². The highest BCUT2D eigenvalue weighted by Gasteiger charge is 2.22. The molecule has 158 valence electrons. The molecule has 0 saturated heterocycles. The smallest absolute Gasteiger partial charge is 0.255 e. The third kappa shape index (κ3) is 4.39. The molecule has 1 amide bonds. The molecule has 7 nitrogen and oxygen atoms in total. The van der Waals surface area contributed by atoms with Crippen LogP contribution in [0.5, 0.6) is 0 Å². The molecule has 4 rings (SSSR count). The van der Waals surface area contributed by atoms with Crippen LogP contribution in [0.15, 0.2) is 29.1 Å². The van der Waals surface area contributed by atoms with Gasteiger partial charge in [-0.15, -0.1) is 0 Å². The number of rotatable bonds is 6. The van der Waals surface area contributed by atoms with Crippen molar-refractivity contribution in [2.45, 2.75) is 45.5 Å². The Hall–Kier alpha value is -3.10. The number of hydrogen-bond donors (Lipinski definition) is 2. The van der Waals surface area contributed by atoms with Gasteiger partial charge >= 0.3 is 0 Å². The van der Waals surface area contributed by atoms with E-state index in [1.807, 2.05) is 0 Å². The Morgan fingerprint density at radius 3 is 2.67 bits per heavy atom. The minimum absolute atomic E-state index is 0.0192. The third-order valence-corrected chi connectivity index (χ3v) is 5.30. The van der Waals surface area contributed by atoms with Crippen molar-refractivity contribution in [3.05, 3.63) is 30.5 Å². The van der Waals surface area contributed by atoms with Crippen LogP contribution in [0.2, 0.25) is 0 Å². The summed E-state index contributed by atoms with van der Waals surface area (Å²) in [5.41, 5.74) is 1.47. The van der Waals surface area contributed by atoms with Gasteiger partial charge in [0.2, 0.25) is 5.91 Å². The second kappa shape index (κ2) is 8.73. The fourth-order valence-corrected chi connectivity index (χ4v) is 3.80. The summed E-state index contributed by atoms with van der Waals surface area (Å²) in [6.07, 6.45) is 7.06. The van der Waals surface area contributed by atoms with E-state index in [-0.39, 0.29) is 11.8 Å². The summed E-state index contributed by atoms with van der Waals surface area (Å²) in [6, 6.07) is 1.66. The summed E-state index contributed by atoms with van der Waals surface area (Å²) >= 11 is 0. The van der Waals surface area contributed by atoms with Gasteiger partial charge in [-0.1, -0.05) is 19.3 Å². The molecule has 3 aromatic heterocycles. The molecule has 1 saturated carbocycles. The van der Waals surface area contributed by atoms with E-state index in [0.29, 0.717) is 39.6 Å². The molecular weight excluding hydrogens is 392 g/mol. The van der Waals surface area contributed by atoms with Crippen LogP contribution in [-0.4, -0.2) is 33.8 Å². The quantitative estimate of drug-likeness (QED) is 0.601. The van der Waals surface area contributed by atoms with E-state index in [9.17, 15) is 13.6 Å². The second-order valence-electron chi connectivity index (χ2n) is 7.47. The average Bonchev–Trinajstić information content (AvgIpc) is 3.18. The summed E-state index contributed by atoms with van der Waals surface area (Å²) < 4.78 is 31.4. The standard InChI is InChI=1S/C21H23F2N5O2/c1-12-24-10-17(30-12)15-8-25-16-9-26-19(7-14(16)20(15)27-11-18(22)23)28-21(29)13-5-3-2-4-6-13/h7-10,13,18H,2-6,11H2,1H3,(H,25,27)(H,26,28,29). The van der Waals surface area contributed by atoms with Crippen LogP contribution in [0.4, 0.5) is 20.3 Å². The molecule has 0 bridgehead atoms. The molecule has 0 unspecified atom stereocenters. The number of pyridine rings is 2. The summed E-state index contributed by atoms with van der Waals surface area (Å²) in [4.78, 5) is 25.3. The molecule has 0 spiro atoms. The summed E-state index contributed by atoms with van der Waals surface area (Å²) in [5, 5.41) is 6.22. The van der Waals surface area contributed by atoms with Gasteiger partial charge < -0.3 is 15.1 Å². The zero-order valence-corrected chi connectivity index (χ0v) is 16.6. The Labute approximate surface area is 172 Å². The Balaban J connectivity index is 1.70. The molecule has 1 fully saturated rings. The molecule has 3 aromatic rings. The molecule has 1 aliphatic rings. The van der Waals surface area contributed by atoms with E-state index in [2.05, 4.69) is 25.6 Å². The second-order valence-corrected chi connectivity index (χ2v) is 7.47. The molecule has 30 heavy (non-hydrogen) atoms. The van der Waals surface area contributed by atoms with Gasteiger partial charge in [0.15, 0.2) is 11.7 Å². The molecule has 1 aliphatic carbocycles. The average molecular weight is 415 g/mol. The van der Waals surface area contributed by atoms with Gasteiger partial charge in [0, 0.05) is 24.4 Å². The van der Waals surface area contributed by atoms with E-state index < -0.39 is 13.0 Å². The van der Waals surface area contributed by atoms with Crippen molar-refractivity contribution >= 4 is 28.3 Å². The zero-order chi connectivity index (χ0) is 21.1. The number of amides is 1. The van der Waals surface area contributed by atoms with Crippen LogP contribution in [-0.2, 0) is 4.79 Å². The number of halogens is 2. The summed E-state index contributed by atoms with van der Waals surface area (Å²) in [5.74, 6) is 1.17. The fourth-order valence-electron chi connectivity index (χ4n) is 3.80. The van der Waals surface area contributed by atoms with Crippen LogP contribution in [0, 0.1) is 12.8 Å². The van der Waals surface area contributed by atoms with Gasteiger partial charge in [-0.25, -0.2) is 18.7 Å². The maximum atomic E-state index is 12.9. The number of nitrogens with zero attached hydrogens (tertiary/aromatic N) is 3. The number of nitrogens with one attached hydrogen (secondary N) is 2. The number of aromatic nitrogens is 3. The van der Waals surface area contributed by atoms with Crippen LogP contribution < -0.4 is 10.6 Å². The van der Waals surface area contributed by atoms with Gasteiger partial charge in [0.05, 0.1) is 35.7 Å². The molecule has 0 atom stereocenters. The molecule has 2 N–H and O–H groups in total. The van der Waals surface area contributed by atoms with E-state index in [0.717, 1.165) is 32.1 Å². The zero-order valence-electron chi connectivity index (χ0n) is 16.6.